The lowest BCUT2D eigenvalue weighted by molar-refractivity contribution is 0.174. The lowest BCUT2D eigenvalue weighted by atomic mass is 10.2. The molecule has 0 N–H and O–H groups in total. The highest BCUT2D eigenvalue weighted by atomic mass is 35.5. The fraction of sp³-hybridized carbons (Fsp3) is 0.235. The summed E-state index contributed by atoms with van der Waals surface area (Å²) in [5, 5.41) is 0.502. The Morgan fingerprint density at radius 2 is 1.87 bits per heavy atom. The van der Waals surface area contributed by atoms with E-state index in [9.17, 15) is 4.79 Å². The van der Waals surface area contributed by atoms with Crippen LogP contribution in [0.5, 0.6) is 11.5 Å². The van der Waals surface area contributed by atoms with E-state index in [4.69, 9.17) is 21.1 Å². The van der Waals surface area contributed by atoms with Crippen LogP contribution in [0.2, 0.25) is 5.02 Å². The van der Waals surface area contributed by atoms with E-state index >= 15 is 0 Å². The maximum atomic E-state index is 12.7. The van der Waals surface area contributed by atoms with Gasteiger partial charge in [-0.25, -0.2) is 4.79 Å². The van der Waals surface area contributed by atoms with Crippen molar-refractivity contribution in [3.05, 3.63) is 57.5 Å². The van der Waals surface area contributed by atoms with Gasteiger partial charge in [0.05, 0.1) is 22.6 Å². The number of halogens is 1. The van der Waals surface area contributed by atoms with Crippen molar-refractivity contribution in [3.8, 4) is 11.5 Å². The van der Waals surface area contributed by atoms with E-state index in [0.29, 0.717) is 29.6 Å². The predicted octanol–water partition coefficient (Wildman–Crippen LogP) is 3.25. The first kappa shape index (κ1) is 14.2. The molecule has 0 aliphatic carbocycles. The van der Waals surface area contributed by atoms with Crippen molar-refractivity contribution in [1.82, 2.24) is 9.13 Å². The van der Waals surface area contributed by atoms with E-state index < -0.39 is 0 Å². The molecule has 0 amide bonds. The molecule has 0 unspecified atom stereocenters. The number of nitrogens with zero attached hydrogens (tertiary/aromatic N) is 2. The van der Waals surface area contributed by atoms with Crippen molar-refractivity contribution >= 4 is 22.6 Å². The number of ether oxygens (including phenoxy) is 2. The maximum absolute atomic E-state index is 12.7. The molecule has 1 aliphatic heterocycles. The van der Waals surface area contributed by atoms with Crippen molar-refractivity contribution in [1.29, 1.82) is 0 Å². The molecule has 118 valence electrons. The van der Waals surface area contributed by atoms with Crippen LogP contribution in [0.3, 0.4) is 0 Å². The summed E-state index contributed by atoms with van der Waals surface area (Å²) in [6, 6.07) is 11.5. The molecule has 0 saturated carbocycles. The van der Waals surface area contributed by atoms with Crippen LogP contribution < -0.4 is 15.2 Å². The van der Waals surface area contributed by atoms with Crippen LogP contribution in [0.4, 0.5) is 0 Å². The molecule has 4 rings (SSSR count). The summed E-state index contributed by atoms with van der Waals surface area (Å²) < 4.78 is 14.2. The Morgan fingerprint density at radius 1 is 1.13 bits per heavy atom. The molecular weight excluding hydrogens is 316 g/mol. The summed E-state index contributed by atoms with van der Waals surface area (Å²) in [6.07, 6.45) is 0. The standard InChI is InChI=1S/C17H15ClN2O3/c1-2-19-13-5-3-4-6-14(13)20(17(19)21)9-11-7-12(18)16-15(8-11)22-10-23-16/h3-8H,2,9-10H2,1H3. The van der Waals surface area contributed by atoms with E-state index in [1.165, 1.54) is 0 Å². The normalized spacial score (nSPS) is 13.0. The Labute approximate surface area is 137 Å². The van der Waals surface area contributed by atoms with Gasteiger partial charge in [-0.15, -0.1) is 0 Å². The summed E-state index contributed by atoms with van der Waals surface area (Å²) in [5.74, 6) is 1.19. The van der Waals surface area contributed by atoms with Gasteiger partial charge in [-0.05, 0) is 36.8 Å². The molecule has 0 radical (unpaired) electrons. The minimum Gasteiger partial charge on any atom is -0.454 e. The summed E-state index contributed by atoms with van der Waals surface area (Å²) >= 11 is 6.23. The van der Waals surface area contributed by atoms with Gasteiger partial charge in [-0.3, -0.25) is 9.13 Å². The van der Waals surface area contributed by atoms with Gasteiger partial charge >= 0.3 is 5.69 Å². The van der Waals surface area contributed by atoms with Crippen LogP contribution in [0.25, 0.3) is 11.0 Å². The molecule has 1 aliphatic rings. The van der Waals surface area contributed by atoms with Crippen molar-refractivity contribution in [2.45, 2.75) is 20.0 Å². The minimum atomic E-state index is -0.0255. The molecule has 5 nitrogen and oxygen atoms in total. The predicted molar refractivity (Wildman–Crippen MR) is 88.5 cm³/mol. The van der Waals surface area contributed by atoms with Gasteiger partial charge < -0.3 is 9.47 Å². The Balaban J connectivity index is 1.84. The highest BCUT2D eigenvalue weighted by Gasteiger charge is 2.19. The number of aryl methyl sites for hydroxylation is 1. The Hall–Kier alpha value is -2.40. The Bertz CT molecular complexity index is 958. The number of para-hydroxylation sites is 2. The van der Waals surface area contributed by atoms with Crippen molar-refractivity contribution in [2.75, 3.05) is 6.79 Å². The van der Waals surface area contributed by atoms with Crippen LogP contribution in [0.1, 0.15) is 12.5 Å². The number of fused-ring (bicyclic) bond motifs is 2. The van der Waals surface area contributed by atoms with Crippen molar-refractivity contribution in [3.63, 3.8) is 0 Å². The lowest BCUT2D eigenvalue weighted by Gasteiger charge is -2.06. The topological polar surface area (TPSA) is 45.4 Å². The molecule has 23 heavy (non-hydrogen) atoms. The van der Waals surface area contributed by atoms with Crippen LogP contribution in [0.15, 0.2) is 41.2 Å². The zero-order chi connectivity index (χ0) is 16.0. The number of hydrogen-bond acceptors (Lipinski definition) is 3. The maximum Gasteiger partial charge on any atom is 0.329 e. The number of aromatic nitrogens is 2. The summed E-state index contributed by atoms with van der Waals surface area (Å²) in [6.45, 7) is 3.21. The third kappa shape index (κ3) is 2.19. The molecule has 2 heterocycles. The molecule has 2 aromatic carbocycles. The average molecular weight is 331 g/mol. The third-order valence-corrected chi connectivity index (χ3v) is 4.35. The van der Waals surface area contributed by atoms with Crippen LogP contribution in [-0.2, 0) is 13.1 Å². The summed E-state index contributed by atoms with van der Waals surface area (Å²) in [7, 11) is 0. The first-order chi connectivity index (χ1) is 11.2. The van der Waals surface area contributed by atoms with Gasteiger partial charge in [0.1, 0.15) is 0 Å². The molecule has 6 heteroatoms. The summed E-state index contributed by atoms with van der Waals surface area (Å²) in [4.78, 5) is 12.7. The van der Waals surface area contributed by atoms with E-state index in [0.717, 1.165) is 16.6 Å². The molecule has 1 aromatic heterocycles. The first-order valence-electron chi connectivity index (χ1n) is 7.45. The van der Waals surface area contributed by atoms with E-state index in [-0.39, 0.29) is 12.5 Å². The monoisotopic (exact) mass is 330 g/mol. The molecule has 0 bridgehead atoms. The van der Waals surface area contributed by atoms with Gasteiger partial charge in [0, 0.05) is 6.54 Å². The largest absolute Gasteiger partial charge is 0.454 e. The SMILES string of the molecule is CCn1c(=O)n(Cc2cc(Cl)c3c(c2)OCO3)c2ccccc21. The zero-order valence-electron chi connectivity index (χ0n) is 12.6. The number of benzene rings is 2. The van der Waals surface area contributed by atoms with Crippen molar-refractivity contribution < 1.29 is 9.47 Å². The van der Waals surface area contributed by atoms with Crippen LogP contribution >= 0.6 is 11.6 Å². The average Bonchev–Trinajstić information content (AvgIpc) is 3.12. The van der Waals surface area contributed by atoms with Gasteiger partial charge in [0.25, 0.3) is 0 Å². The number of imidazole rings is 1. The van der Waals surface area contributed by atoms with Crippen LogP contribution in [-0.4, -0.2) is 15.9 Å². The van der Waals surface area contributed by atoms with Gasteiger partial charge in [0.15, 0.2) is 11.5 Å². The number of rotatable bonds is 3. The van der Waals surface area contributed by atoms with Crippen LogP contribution in [0, 0.1) is 0 Å². The smallest absolute Gasteiger partial charge is 0.329 e. The molecule has 0 saturated heterocycles. The Morgan fingerprint density at radius 3 is 2.61 bits per heavy atom. The first-order valence-corrected chi connectivity index (χ1v) is 7.83. The second-order valence-corrected chi connectivity index (χ2v) is 5.82. The number of hydrogen-bond donors (Lipinski definition) is 0. The summed E-state index contributed by atoms with van der Waals surface area (Å²) in [5.41, 5.74) is 2.72. The highest BCUT2D eigenvalue weighted by molar-refractivity contribution is 6.32. The molecule has 0 atom stereocenters. The van der Waals surface area contributed by atoms with E-state index in [1.807, 2.05) is 43.3 Å². The Kier molecular flexibility index (Phi) is 3.31. The van der Waals surface area contributed by atoms with Gasteiger partial charge in [-0.1, -0.05) is 23.7 Å². The lowest BCUT2D eigenvalue weighted by Crippen LogP contribution is -2.24. The quantitative estimate of drug-likeness (QED) is 0.740. The second-order valence-electron chi connectivity index (χ2n) is 5.41. The molecular formula is C17H15ClN2O3. The highest BCUT2D eigenvalue weighted by Crippen LogP contribution is 2.40. The molecule has 3 aromatic rings. The third-order valence-electron chi connectivity index (χ3n) is 4.07. The van der Waals surface area contributed by atoms with Gasteiger partial charge in [0.2, 0.25) is 6.79 Å². The second kappa shape index (κ2) is 5.35. The molecule has 0 fully saturated rings. The fourth-order valence-corrected chi connectivity index (χ4v) is 3.31. The van der Waals surface area contributed by atoms with E-state index in [2.05, 4.69) is 0 Å². The van der Waals surface area contributed by atoms with Crippen molar-refractivity contribution in [2.24, 2.45) is 0 Å². The van der Waals surface area contributed by atoms with Gasteiger partial charge in [-0.2, -0.15) is 0 Å². The zero-order valence-corrected chi connectivity index (χ0v) is 13.3. The van der Waals surface area contributed by atoms with E-state index in [1.54, 1.807) is 9.13 Å². The fourth-order valence-electron chi connectivity index (χ4n) is 3.03. The minimum absolute atomic E-state index is 0.0255. The molecule has 0 spiro atoms.